The Morgan fingerprint density at radius 3 is 2.56 bits per heavy atom. The summed E-state index contributed by atoms with van der Waals surface area (Å²) >= 11 is 0. The molecule has 2 rings (SSSR count). The molecule has 0 aliphatic carbocycles. The second-order valence-corrected chi connectivity index (χ2v) is 8.34. The Morgan fingerprint density at radius 1 is 1.32 bits per heavy atom. The van der Waals surface area contributed by atoms with E-state index < -0.39 is 16.1 Å². The third-order valence-electron chi connectivity index (χ3n) is 4.42. The second-order valence-electron chi connectivity index (χ2n) is 6.30. The number of sulfonamides is 1. The van der Waals surface area contributed by atoms with Gasteiger partial charge in [-0.1, -0.05) is 6.07 Å². The Balaban J connectivity index is 0.00000312. The van der Waals surface area contributed by atoms with Gasteiger partial charge in [0, 0.05) is 32.6 Å². The molecule has 2 atom stereocenters. The number of aryl methyl sites for hydroxylation is 2. The predicted octanol–water partition coefficient (Wildman–Crippen LogP) is 0.0422. The van der Waals surface area contributed by atoms with E-state index in [0.29, 0.717) is 19.6 Å². The molecule has 3 N–H and O–H groups in total. The fraction of sp³-hybridized carbons (Fsp3) is 0.562. The molecule has 1 saturated heterocycles. The number of hydrogen-bond acceptors (Lipinski definition) is 5. The molecule has 1 fully saturated rings. The van der Waals surface area contributed by atoms with Crippen LogP contribution in [0.2, 0.25) is 0 Å². The van der Waals surface area contributed by atoms with Crippen LogP contribution in [-0.2, 0) is 14.8 Å². The first-order valence-electron chi connectivity index (χ1n) is 7.91. The number of amides is 1. The van der Waals surface area contributed by atoms with E-state index in [-0.39, 0.29) is 35.7 Å². The van der Waals surface area contributed by atoms with Gasteiger partial charge in [-0.25, -0.2) is 8.42 Å². The van der Waals surface area contributed by atoms with Crippen molar-refractivity contribution in [1.29, 1.82) is 0 Å². The minimum Gasteiger partial charge on any atom is -0.391 e. The number of β-amino-alcohol motifs (C(OH)–C–C–N with tert-alkyl or cyclic N) is 1. The molecule has 1 aromatic carbocycles. The highest BCUT2D eigenvalue weighted by Crippen LogP contribution is 2.18. The molecule has 0 saturated carbocycles. The first kappa shape index (κ1) is 21.9. The van der Waals surface area contributed by atoms with Crippen LogP contribution in [0.1, 0.15) is 11.1 Å². The van der Waals surface area contributed by atoms with E-state index in [2.05, 4.69) is 10.6 Å². The van der Waals surface area contributed by atoms with E-state index in [1.54, 1.807) is 18.2 Å². The summed E-state index contributed by atoms with van der Waals surface area (Å²) in [7, 11) is -2.33. The fourth-order valence-electron chi connectivity index (χ4n) is 2.57. The van der Waals surface area contributed by atoms with Crippen LogP contribution >= 0.6 is 12.4 Å². The lowest BCUT2D eigenvalue weighted by Crippen LogP contribution is -2.41. The number of nitrogens with zero attached hydrogens (tertiary/aromatic N) is 1. The van der Waals surface area contributed by atoms with Gasteiger partial charge in [0.25, 0.3) is 0 Å². The molecule has 1 aromatic rings. The molecule has 1 heterocycles. The van der Waals surface area contributed by atoms with Crippen LogP contribution in [0.4, 0.5) is 0 Å². The fourth-order valence-corrected chi connectivity index (χ4v) is 3.78. The third-order valence-corrected chi connectivity index (χ3v) is 6.22. The monoisotopic (exact) mass is 391 g/mol. The summed E-state index contributed by atoms with van der Waals surface area (Å²) in [5.41, 5.74) is 1.90. The molecule has 7 nitrogen and oxygen atoms in total. The highest BCUT2D eigenvalue weighted by atomic mass is 35.5. The molecular formula is C16H26ClN3O4S. The number of aliphatic hydroxyl groups excluding tert-OH is 1. The molecule has 9 heteroatoms. The molecular weight excluding hydrogens is 366 g/mol. The van der Waals surface area contributed by atoms with Gasteiger partial charge in [-0.05, 0) is 37.1 Å². The van der Waals surface area contributed by atoms with E-state index in [0.717, 1.165) is 15.4 Å². The maximum Gasteiger partial charge on any atom is 0.243 e. The summed E-state index contributed by atoms with van der Waals surface area (Å²) in [5.74, 6) is -0.431. The van der Waals surface area contributed by atoms with Crippen LogP contribution in [0.15, 0.2) is 23.1 Å². The van der Waals surface area contributed by atoms with Crippen molar-refractivity contribution in [3.63, 3.8) is 0 Å². The maximum absolute atomic E-state index is 12.5. The predicted molar refractivity (Wildman–Crippen MR) is 98.4 cm³/mol. The van der Waals surface area contributed by atoms with E-state index in [1.807, 2.05) is 13.8 Å². The Hall–Kier alpha value is -1.19. The number of hydrogen-bond donors (Lipinski definition) is 3. The average molecular weight is 392 g/mol. The van der Waals surface area contributed by atoms with Crippen molar-refractivity contribution >= 4 is 28.3 Å². The Kier molecular flexibility index (Phi) is 7.83. The molecule has 0 spiro atoms. The lowest BCUT2D eigenvalue weighted by molar-refractivity contribution is -0.121. The lowest BCUT2D eigenvalue weighted by atomic mass is 10.1. The summed E-state index contributed by atoms with van der Waals surface area (Å²) < 4.78 is 26.1. The van der Waals surface area contributed by atoms with Crippen molar-refractivity contribution in [2.45, 2.75) is 24.8 Å². The summed E-state index contributed by atoms with van der Waals surface area (Å²) in [6.45, 7) is 4.98. The molecule has 2 unspecified atom stereocenters. The topological polar surface area (TPSA) is 98.7 Å². The first-order chi connectivity index (χ1) is 11.2. The highest BCUT2D eigenvalue weighted by molar-refractivity contribution is 7.89. The van der Waals surface area contributed by atoms with Crippen molar-refractivity contribution in [3.8, 4) is 0 Å². The lowest BCUT2D eigenvalue weighted by Gasteiger charge is -2.19. The van der Waals surface area contributed by atoms with Gasteiger partial charge in [0.2, 0.25) is 15.9 Å². The molecule has 1 amide bonds. The molecule has 0 aromatic heterocycles. The SMILES string of the molecule is Cc1ccc(S(=O)(=O)N(C)CC(=O)NCC2CNCC2O)cc1C.Cl. The van der Waals surface area contributed by atoms with Gasteiger partial charge in [0.05, 0.1) is 17.5 Å². The minimum absolute atomic E-state index is 0. The van der Waals surface area contributed by atoms with Crippen LogP contribution in [-0.4, -0.2) is 63.1 Å². The summed E-state index contributed by atoms with van der Waals surface area (Å²) in [4.78, 5) is 12.2. The average Bonchev–Trinajstić information content (AvgIpc) is 2.93. The van der Waals surface area contributed by atoms with E-state index in [9.17, 15) is 18.3 Å². The number of carbonyl (C=O) groups excluding carboxylic acids is 1. The smallest absolute Gasteiger partial charge is 0.243 e. The molecule has 0 radical (unpaired) electrons. The quantitative estimate of drug-likeness (QED) is 0.636. The van der Waals surface area contributed by atoms with Gasteiger partial charge in [-0.15, -0.1) is 12.4 Å². The second kappa shape index (κ2) is 8.95. The van der Waals surface area contributed by atoms with Crippen molar-refractivity contribution in [2.75, 3.05) is 33.2 Å². The minimum atomic E-state index is -3.71. The zero-order chi connectivity index (χ0) is 17.9. The Bertz CT molecular complexity index is 711. The molecule has 0 bridgehead atoms. The Morgan fingerprint density at radius 2 is 2.00 bits per heavy atom. The van der Waals surface area contributed by atoms with Crippen LogP contribution in [0.25, 0.3) is 0 Å². The van der Waals surface area contributed by atoms with E-state index in [4.69, 9.17) is 0 Å². The van der Waals surface area contributed by atoms with E-state index >= 15 is 0 Å². The zero-order valence-corrected chi connectivity index (χ0v) is 16.3. The number of nitrogens with one attached hydrogen (secondary N) is 2. The van der Waals surface area contributed by atoms with Crippen molar-refractivity contribution in [1.82, 2.24) is 14.9 Å². The van der Waals surface area contributed by atoms with Gasteiger partial charge in [-0.3, -0.25) is 4.79 Å². The van der Waals surface area contributed by atoms with Crippen molar-refractivity contribution in [2.24, 2.45) is 5.92 Å². The third kappa shape index (κ3) is 5.39. The summed E-state index contributed by atoms with van der Waals surface area (Å²) in [5, 5.41) is 15.4. The van der Waals surface area contributed by atoms with Crippen LogP contribution in [0.3, 0.4) is 0 Å². The van der Waals surface area contributed by atoms with Crippen LogP contribution in [0, 0.1) is 19.8 Å². The largest absolute Gasteiger partial charge is 0.391 e. The molecule has 25 heavy (non-hydrogen) atoms. The van der Waals surface area contributed by atoms with E-state index in [1.165, 1.54) is 7.05 Å². The zero-order valence-electron chi connectivity index (χ0n) is 14.7. The summed E-state index contributed by atoms with van der Waals surface area (Å²) in [6.07, 6.45) is -0.484. The number of halogens is 1. The Labute approximate surface area is 155 Å². The van der Waals surface area contributed by atoms with Crippen LogP contribution in [0.5, 0.6) is 0 Å². The van der Waals surface area contributed by atoms with Gasteiger partial charge in [-0.2, -0.15) is 4.31 Å². The highest BCUT2D eigenvalue weighted by Gasteiger charge is 2.27. The number of aliphatic hydroxyl groups is 1. The maximum atomic E-state index is 12.5. The number of benzene rings is 1. The van der Waals surface area contributed by atoms with Gasteiger partial charge in [0.1, 0.15) is 0 Å². The normalized spacial score (nSPS) is 20.4. The van der Waals surface area contributed by atoms with Crippen LogP contribution < -0.4 is 10.6 Å². The molecule has 1 aliphatic heterocycles. The van der Waals surface area contributed by atoms with Gasteiger partial charge < -0.3 is 15.7 Å². The summed E-state index contributed by atoms with van der Waals surface area (Å²) in [6, 6.07) is 4.91. The van der Waals surface area contributed by atoms with Gasteiger partial charge >= 0.3 is 0 Å². The standard InChI is InChI=1S/C16H25N3O4S.ClH/c1-11-4-5-14(6-12(11)2)24(22,23)19(3)10-16(21)18-8-13-7-17-9-15(13)20;/h4-6,13,15,17,20H,7-10H2,1-3H3,(H,18,21);1H. The molecule has 142 valence electrons. The number of rotatable bonds is 6. The van der Waals surface area contributed by atoms with Gasteiger partial charge in [0.15, 0.2) is 0 Å². The molecule has 1 aliphatic rings. The number of likely N-dealkylation sites (N-methyl/N-ethyl adjacent to an activating group) is 1. The van der Waals surface area contributed by atoms with Crippen molar-refractivity contribution < 1.29 is 18.3 Å². The first-order valence-corrected chi connectivity index (χ1v) is 9.35. The van der Waals surface area contributed by atoms with Crippen molar-refractivity contribution in [3.05, 3.63) is 29.3 Å². The number of carbonyl (C=O) groups is 1.